The van der Waals surface area contributed by atoms with Gasteiger partial charge in [0.25, 0.3) is 0 Å². The van der Waals surface area contributed by atoms with E-state index in [4.69, 9.17) is 9.84 Å². The average Bonchev–Trinajstić information content (AvgIpc) is 2.84. The summed E-state index contributed by atoms with van der Waals surface area (Å²) in [6.45, 7) is 2.54. The fraction of sp³-hybridized carbons (Fsp3) is 0.533. The zero-order valence-electron chi connectivity index (χ0n) is 11.6. The summed E-state index contributed by atoms with van der Waals surface area (Å²) >= 11 is 0. The van der Waals surface area contributed by atoms with Crippen molar-refractivity contribution in [3.8, 4) is 5.75 Å². The van der Waals surface area contributed by atoms with Crippen LogP contribution in [0.1, 0.15) is 31.7 Å². The molecule has 5 heteroatoms. The first-order valence-electron chi connectivity index (χ1n) is 6.94. The van der Waals surface area contributed by atoms with Crippen molar-refractivity contribution in [3.05, 3.63) is 29.8 Å². The van der Waals surface area contributed by atoms with Crippen LogP contribution in [0.25, 0.3) is 0 Å². The summed E-state index contributed by atoms with van der Waals surface area (Å²) in [4.78, 5) is 11.4. The second-order valence-electron chi connectivity index (χ2n) is 5.20. The average molecular weight is 279 g/mol. The van der Waals surface area contributed by atoms with Crippen LogP contribution in [-0.2, 0) is 11.4 Å². The molecule has 5 nitrogen and oxygen atoms in total. The number of likely N-dealkylation sites (N-methyl/N-ethyl adjacent to an activating group) is 1. The molecule has 0 radical (unpaired) electrons. The van der Waals surface area contributed by atoms with Gasteiger partial charge in [-0.25, -0.2) is 0 Å². The summed E-state index contributed by atoms with van der Waals surface area (Å²) in [5, 5.41) is 21.5. The Hall–Kier alpha value is -1.59. The maximum Gasteiger partial charge on any atom is 0.324 e. The molecule has 2 unspecified atom stereocenters. The highest BCUT2D eigenvalue weighted by Crippen LogP contribution is 2.33. The lowest BCUT2D eigenvalue weighted by molar-refractivity contribution is -0.144. The molecule has 0 amide bonds. The molecule has 1 fully saturated rings. The van der Waals surface area contributed by atoms with Crippen molar-refractivity contribution in [2.24, 2.45) is 0 Å². The fourth-order valence-corrected chi connectivity index (χ4v) is 2.74. The number of hydrogen-bond acceptors (Lipinski definition) is 4. The van der Waals surface area contributed by atoms with Gasteiger partial charge in [-0.15, -0.1) is 0 Å². The molecule has 1 aliphatic rings. The summed E-state index contributed by atoms with van der Waals surface area (Å²) in [5.41, 5.74) is -0.0268. The second-order valence-corrected chi connectivity index (χ2v) is 5.20. The molecule has 0 aliphatic heterocycles. The molecule has 1 aromatic rings. The van der Waals surface area contributed by atoms with E-state index < -0.39 is 11.5 Å². The van der Waals surface area contributed by atoms with Crippen molar-refractivity contribution in [3.63, 3.8) is 0 Å². The zero-order valence-corrected chi connectivity index (χ0v) is 11.6. The molecule has 0 bridgehead atoms. The number of aliphatic hydroxyl groups excluding tert-OH is 1. The molecule has 0 spiro atoms. The van der Waals surface area contributed by atoms with Crippen LogP contribution in [0.4, 0.5) is 0 Å². The molecule has 0 aromatic heterocycles. The van der Waals surface area contributed by atoms with Crippen molar-refractivity contribution in [2.45, 2.75) is 44.4 Å². The Morgan fingerprint density at radius 2 is 2.15 bits per heavy atom. The minimum atomic E-state index is -0.857. The smallest absolute Gasteiger partial charge is 0.324 e. The highest BCUT2D eigenvalue weighted by Gasteiger charge is 2.45. The summed E-state index contributed by atoms with van der Waals surface area (Å²) in [6.07, 6.45) is 1.68. The van der Waals surface area contributed by atoms with Crippen molar-refractivity contribution in [2.75, 3.05) is 6.54 Å². The van der Waals surface area contributed by atoms with Crippen LogP contribution >= 0.6 is 0 Å². The van der Waals surface area contributed by atoms with E-state index in [2.05, 4.69) is 5.32 Å². The van der Waals surface area contributed by atoms with Gasteiger partial charge in [-0.2, -0.15) is 0 Å². The van der Waals surface area contributed by atoms with E-state index in [0.29, 0.717) is 25.1 Å². The number of nitrogens with one attached hydrogen (secondary N) is 1. The summed E-state index contributed by atoms with van der Waals surface area (Å²) in [7, 11) is 0. The lowest BCUT2D eigenvalue weighted by atomic mass is 9.98. The first-order chi connectivity index (χ1) is 9.59. The highest BCUT2D eigenvalue weighted by atomic mass is 16.5. The molecule has 110 valence electrons. The van der Waals surface area contributed by atoms with Crippen LogP contribution in [0.5, 0.6) is 5.75 Å². The van der Waals surface area contributed by atoms with Crippen LogP contribution in [0, 0.1) is 0 Å². The first kappa shape index (κ1) is 14.8. The first-order valence-corrected chi connectivity index (χ1v) is 6.94. The van der Waals surface area contributed by atoms with E-state index in [1.165, 1.54) is 0 Å². The number of hydrogen-bond donors (Lipinski definition) is 3. The maximum atomic E-state index is 11.4. The minimum absolute atomic E-state index is 0.00620. The number of aliphatic hydroxyl groups is 1. The Morgan fingerprint density at radius 3 is 2.70 bits per heavy atom. The Bertz CT molecular complexity index is 459. The van der Waals surface area contributed by atoms with Crippen molar-refractivity contribution in [1.29, 1.82) is 0 Å². The summed E-state index contributed by atoms with van der Waals surface area (Å²) < 4.78 is 5.84. The standard InChI is InChI=1S/C15H21NO4/c1-2-16-15(14(18)19)8-7-13(9-15)20-12-5-3-11(10-17)4-6-12/h3-6,13,16-17H,2,7-10H2,1H3,(H,18,19). The topological polar surface area (TPSA) is 78.8 Å². The van der Waals surface area contributed by atoms with Gasteiger partial charge < -0.3 is 20.3 Å². The molecule has 3 N–H and O–H groups in total. The third kappa shape index (κ3) is 3.11. The fourth-order valence-electron chi connectivity index (χ4n) is 2.74. The Morgan fingerprint density at radius 1 is 1.45 bits per heavy atom. The van der Waals surface area contributed by atoms with Crippen molar-refractivity contribution >= 4 is 5.97 Å². The van der Waals surface area contributed by atoms with Crippen molar-refractivity contribution in [1.82, 2.24) is 5.32 Å². The number of aliphatic carboxylic acids is 1. The molecule has 2 atom stereocenters. The van der Waals surface area contributed by atoms with Crippen LogP contribution in [0.15, 0.2) is 24.3 Å². The number of carboxylic acids is 1. The summed E-state index contributed by atoms with van der Waals surface area (Å²) in [5.74, 6) is -0.0917. The number of ether oxygens (including phenoxy) is 1. The predicted octanol–water partition coefficient (Wildman–Crippen LogP) is 1.54. The zero-order chi connectivity index (χ0) is 14.6. The van der Waals surface area contributed by atoms with Gasteiger partial charge in [-0.3, -0.25) is 4.79 Å². The molecule has 1 saturated carbocycles. The van der Waals surface area contributed by atoms with Crippen LogP contribution in [0.3, 0.4) is 0 Å². The molecule has 0 saturated heterocycles. The molecule has 2 rings (SSSR count). The monoisotopic (exact) mass is 279 g/mol. The van der Waals surface area contributed by atoms with Gasteiger partial charge >= 0.3 is 5.97 Å². The molecule has 20 heavy (non-hydrogen) atoms. The molecule has 1 aromatic carbocycles. The lowest BCUT2D eigenvalue weighted by Crippen LogP contribution is -2.50. The maximum absolute atomic E-state index is 11.4. The summed E-state index contributed by atoms with van der Waals surface area (Å²) in [6, 6.07) is 7.22. The van der Waals surface area contributed by atoms with Gasteiger partial charge in [0, 0.05) is 6.42 Å². The molecular weight excluding hydrogens is 258 g/mol. The van der Waals surface area contributed by atoms with Gasteiger partial charge in [0.05, 0.1) is 6.61 Å². The number of carboxylic acid groups (broad SMARTS) is 1. The molecular formula is C15H21NO4. The van der Waals surface area contributed by atoms with Gasteiger partial charge in [0.15, 0.2) is 0 Å². The van der Waals surface area contributed by atoms with Gasteiger partial charge in [0.1, 0.15) is 17.4 Å². The molecule has 1 aliphatic carbocycles. The third-order valence-corrected chi connectivity index (χ3v) is 3.80. The SMILES string of the molecule is CCNC1(C(=O)O)CCC(Oc2ccc(CO)cc2)C1. The Balaban J connectivity index is 1.99. The van der Waals surface area contributed by atoms with Crippen LogP contribution in [-0.4, -0.2) is 34.4 Å². The van der Waals surface area contributed by atoms with E-state index in [-0.39, 0.29) is 12.7 Å². The van der Waals surface area contributed by atoms with Crippen LogP contribution in [0.2, 0.25) is 0 Å². The van der Waals surface area contributed by atoms with Gasteiger partial charge in [0.2, 0.25) is 0 Å². The van der Waals surface area contributed by atoms with E-state index >= 15 is 0 Å². The van der Waals surface area contributed by atoms with E-state index in [1.807, 2.05) is 6.92 Å². The van der Waals surface area contributed by atoms with Crippen LogP contribution < -0.4 is 10.1 Å². The number of rotatable bonds is 6. The number of carbonyl (C=O) groups is 1. The Labute approximate surface area is 118 Å². The van der Waals surface area contributed by atoms with E-state index in [1.54, 1.807) is 24.3 Å². The third-order valence-electron chi connectivity index (χ3n) is 3.80. The lowest BCUT2D eigenvalue weighted by Gasteiger charge is -2.25. The molecule has 0 heterocycles. The number of benzene rings is 1. The van der Waals surface area contributed by atoms with Gasteiger partial charge in [-0.05, 0) is 37.1 Å². The van der Waals surface area contributed by atoms with Gasteiger partial charge in [-0.1, -0.05) is 19.1 Å². The van der Waals surface area contributed by atoms with E-state index in [0.717, 1.165) is 12.0 Å². The van der Waals surface area contributed by atoms with E-state index in [9.17, 15) is 9.90 Å². The normalized spacial score (nSPS) is 25.6. The highest BCUT2D eigenvalue weighted by molar-refractivity contribution is 5.79. The minimum Gasteiger partial charge on any atom is -0.490 e. The Kier molecular flexibility index (Phi) is 4.62. The quantitative estimate of drug-likeness (QED) is 0.736. The second kappa shape index (κ2) is 6.24. The largest absolute Gasteiger partial charge is 0.490 e. The van der Waals surface area contributed by atoms with Crippen molar-refractivity contribution < 1.29 is 19.7 Å². The predicted molar refractivity (Wildman–Crippen MR) is 74.7 cm³/mol.